The highest BCUT2D eigenvalue weighted by Gasteiger charge is 2.40. The lowest BCUT2D eigenvalue weighted by molar-refractivity contribution is 0.0683. The summed E-state index contributed by atoms with van der Waals surface area (Å²) in [5.41, 5.74) is 1.65. The van der Waals surface area contributed by atoms with Crippen LogP contribution in [0.5, 0.6) is 0 Å². The molecule has 2 N–H and O–H groups in total. The molecule has 6 rings (SSSR count). The van der Waals surface area contributed by atoms with Crippen molar-refractivity contribution in [1.82, 2.24) is 0 Å². The van der Waals surface area contributed by atoms with Crippen molar-refractivity contribution in [2.75, 3.05) is 9.80 Å². The van der Waals surface area contributed by atoms with Gasteiger partial charge in [0, 0.05) is 0 Å². The Labute approximate surface area is 231 Å². The van der Waals surface area contributed by atoms with Crippen LogP contribution in [-0.2, 0) is 6.42 Å². The first-order valence-corrected chi connectivity index (χ1v) is 12.4. The number of hydrogen-bond donors (Lipinski definition) is 2. The second-order valence-electron chi connectivity index (χ2n) is 9.47. The number of carbonyl (C=O) groups excluding carboxylic acids is 4. The Morgan fingerprint density at radius 2 is 0.878 bits per heavy atom. The van der Waals surface area contributed by atoms with Gasteiger partial charge in [-0.1, -0.05) is 36.4 Å². The standard InChI is InChI=1S/C31H18N2O8/c34-26-20-3-1-5-22(30(38)39)24(20)28(36)32(26)18-11-7-16(8-12-18)15-17-9-13-19(14-10-17)33-27(35)21-4-2-6-23(31(40)41)25(21)29(33)37/h1-14H,15H2,(H,38,39)(H,40,41). The fraction of sp³-hybridized carbons (Fsp3) is 0.0323. The van der Waals surface area contributed by atoms with Gasteiger partial charge in [0.1, 0.15) is 0 Å². The van der Waals surface area contributed by atoms with E-state index in [4.69, 9.17) is 0 Å². The van der Waals surface area contributed by atoms with Gasteiger partial charge >= 0.3 is 11.9 Å². The number of fused-ring (bicyclic) bond motifs is 2. The molecular weight excluding hydrogens is 528 g/mol. The van der Waals surface area contributed by atoms with Gasteiger partial charge < -0.3 is 10.2 Å². The monoisotopic (exact) mass is 546 g/mol. The van der Waals surface area contributed by atoms with Gasteiger partial charge in [0.05, 0.1) is 44.8 Å². The Hall–Kier alpha value is -5.90. The minimum atomic E-state index is -1.29. The van der Waals surface area contributed by atoms with Gasteiger partial charge in [-0.3, -0.25) is 19.2 Å². The van der Waals surface area contributed by atoms with E-state index in [9.17, 15) is 39.0 Å². The normalized spacial score (nSPS) is 14.0. The SMILES string of the molecule is O=C(O)c1cccc2c1C(=O)N(c1ccc(Cc3ccc(N4C(=O)c5cccc(C(=O)O)c5C4=O)cc3)cc1)C2=O. The van der Waals surface area contributed by atoms with Crippen LogP contribution < -0.4 is 9.80 Å². The number of carbonyl (C=O) groups is 6. The highest BCUT2D eigenvalue weighted by atomic mass is 16.4. The van der Waals surface area contributed by atoms with E-state index in [2.05, 4.69) is 0 Å². The van der Waals surface area contributed by atoms with Crippen LogP contribution in [0.2, 0.25) is 0 Å². The van der Waals surface area contributed by atoms with Gasteiger partial charge in [-0.25, -0.2) is 19.4 Å². The summed E-state index contributed by atoms with van der Waals surface area (Å²) in [5.74, 6) is -5.18. The number of hydrogen-bond acceptors (Lipinski definition) is 6. The lowest BCUT2D eigenvalue weighted by atomic mass is 10.0. The summed E-state index contributed by atoms with van der Waals surface area (Å²) < 4.78 is 0. The largest absolute Gasteiger partial charge is 0.478 e. The van der Waals surface area contributed by atoms with Crippen molar-refractivity contribution in [2.45, 2.75) is 6.42 Å². The molecule has 2 aliphatic rings. The van der Waals surface area contributed by atoms with Crippen molar-refractivity contribution in [3.05, 3.63) is 129 Å². The van der Waals surface area contributed by atoms with Crippen LogP contribution in [0.4, 0.5) is 11.4 Å². The Morgan fingerprint density at radius 3 is 1.22 bits per heavy atom. The van der Waals surface area contributed by atoms with Crippen LogP contribution in [0.3, 0.4) is 0 Å². The highest BCUT2D eigenvalue weighted by molar-refractivity contribution is 6.37. The zero-order chi connectivity index (χ0) is 29.0. The van der Waals surface area contributed by atoms with E-state index in [1.807, 2.05) is 0 Å². The van der Waals surface area contributed by atoms with Crippen molar-refractivity contribution < 1.29 is 39.0 Å². The maximum Gasteiger partial charge on any atom is 0.336 e. The molecule has 0 bridgehead atoms. The quantitative estimate of drug-likeness (QED) is 0.341. The number of amides is 4. The number of benzene rings is 4. The maximum atomic E-state index is 13.0. The van der Waals surface area contributed by atoms with E-state index in [0.29, 0.717) is 17.8 Å². The number of rotatable bonds is 6. The molecule has 0 aromatic heterocycles. The van der Waals surface area contributed by atoms with Crippen molar-refractivity contribution >= 4 is 46.9 Å². The van der Waals surface area contributed by atoms with Gasteiger partial charge in [-0.2, -0.15) is 0 Å². The summed E-state index contributed by atoms with van der Waals surface area (Å²) in [7, 11) is 0. The van der Waals surface area contributed by atoms with E-state index in [-0.39, 0.29) is 33.4 Å². The van der Waals surface area contributed by atoms with Gasteiger partial charge in [-0.15, -0.1) is 0 Å². The lowest BCUT2D eigenvalue weighted by Gasteiger charge is -2.15. The predicted molar refractivity (Wildman–Crippen MR) is 145 cm³/mol. The number of anilines is 2. The molecule has 4 aromatic carbocycles. The Morgan fingerprint density at radius 1 is 0.512 bits per heavy atom. The van der Waals surface area contributed by atoms with Crippen LogP contribution in [0, 0.1) is 0 Å². The van der Waals surface area contributed by atoms with E-state index in [0.717, 1.165) is 20.9 Å². The molecule has 0 saturated heterocycles. The molecule has 0 radical (unpaired) electrons. The molecule has 2 heterocycles. The summed E-state index contributed by atoms with van der Waals surface area (Å²) in [6, 6.07) is 21.6. The summed E-state index contributed by atoms with van der Waals surface area (Å²) >= 11 is 0. The summed E-state index contributed by atoms with van der Waals surface area (Å²) in [6.45, 7) is 0. The molecule has 41 heavy (non-hydrogen) atoms. The van der Waals surface area contributed by atoms with Gasteiger partial charge in [0.2, 0.25) is 0 Å². The Kier molecular flexibility index (Phi) is 5.81. The zero-order valence-electron chi connectivity index (χ0n) is 21.0. The van der Waals surface area contributed by atoms with Crippen molar-refractivity contribution in [3.8, 4) is 0 Å². The molecule has 10 nitrogen and oxygen atoms in total. The van der Waals surface area contributed by atoms with E-state index >= 15 is 0 Å². The van der Waals surface area contributed by atoms with Gasteiger partial charge in [0.25, 0.3) is 23.6 Å². The Bertz CT molecular complexity index is 1710. The molecule has 0 fully saturated rings. The number of carboxylic acid groups (broad SMARTS) is 2. The summed E-state index contributed by atoms with van der Waals surface area (Å²) in [4.78, 5) is 76.8. The molecule has 2 aliphatic heterocycles. The summed E-state index contributed by atoms with van der Waals surface area (Å²) in [6.07, 6.45) is 0.455. The van der Waals surface area contributed by atoms with Crippen LogP contribution in [0.25, 0.3) is 0 Å². The predicted octanol–water partition coefficient (Wildman–Crippen LogP) is 4.28. The van der Waals surface area contributed by atoms with Crippen LogP contribution >= 0.6 is 0 Å². The number of nitrogens with zero attached hydrogens (tertiary/aromatic N) is 2. The van der Waals surface area contributed by atoms with Crippen LogP contribution in [0.1, 0.15) is 73.3 Å². The van der Waals surface area contributed by atoms with E-state index < -0.39 is 35.6 Å². The average Bonchev–Trinajstić information content (AvgIpc) is 3.38. The molecule has 4 amide bonds. The Balaban J connectivity index is 1.19. The molecule has 200 valence electrons. The van der Waals surface area contributed by atoms with Gasteiger partial charge in [0.15, 0.2) is 0 Å². The minimum absolute atomic E-state index is 0.0383. The van der Waals surface area contributed by atoms with Crippen molar-refractivity contribution in [1.29, 1.82) is 0 Å². The zero-order valence-corrected chi connectivity index (χ0v) is 21.0. The number of aromatic carboxylic acids is 2. The lowest BCUT2D eigenvalue weighted by Crippen LogP contribution is -2.29. The smallest absolute Gasteiger partial charge is 0.336 e. The molecule has 0 spiro atoms. The van der Waals surface area contributed by atoms with Crippen molar-refractivity contribution in [2.24, 2.45) is 0 Å². The number of carboxylic acids is 2. The maximum absolute atomic E-state index is 13.0. The number of imide groups is 2. The molecule has 0 saturated carbocycles. The molecule has 0 unspecified atom stereocenters. The topological polar surface area (TPSA) is 149 Å². The highest BCUT2D eigenvalue weighted by Crippen LogP contribution is 2.33. The molecule has 0 atom stereocenters. The van der Waals surface area contributed by atoms with Gasteiger partial charge in [-0.05, 0) is 66.1 Å². The molecular formula is C31H18N2O8. The molecule has 4 aromatic rings. The summed E-state index contributed by atoms with van der Waals surface area (Å²) in [5, 5.41) is 18.8. The first-order chi connectivity index (χ1) is 19.7. The molecule has 0 aliphatic carbocycles. The third kappa shape index (κ3) is 3.97. The second kappa shape index (κ2) is 9.38. The molecule has 10 heteroatoms. The van der Waals surface area contributed by atoms with Crippen molar-refractivity contribution in [3.63, 3.8) is 0 Å². The third-order valence-corrected chi connectivity index (χ3v) is 7.09. The second-order valence-corrected chi connectivity index (χ2v) is 9.47. The average molecular weight is 546 g/mol. The fourth-order valence-corrected chi connectivity index (χ4v) is 5.16. The van der Waals surface area contributed by atoms with Crippen LogP contribution in [-0.4, -0.2) is 45.8 Å². The first-order valence-electron chi connectivity index (χ1n) is 12.4. The minimum Gasteiger partial charge on any atom is -0.478 e. The van der Waals surface area contributed by atoms with Crippen LogP contribution in [0.15, 0.2) is 84.9 Å². The van der Waals surface area contributed by atoms with E-state index in [1.165, 1.54) is 36.4 Å². The van der Waals surface area contributed by atoms with E-state index in [1.54, 1.807) is 48.5 Å². The fourth-order valence-electron chi connectivity index (χ4n) is 5.16. The first kappa shape index (κ1) is 25.4. The third-order valence-electron chi connectivity index (χ3n) is 7.09.